The summed E-state index contributed by atoms with van der Waals surface area (Å²) in [5.41, 5.74) is 4.21. The van der Waals surface area contributed by atoms with Gasteiger partial charge < -0.3 is 14.7 Å². The molecule has 0 bridgehead atoms. The number of aryl methyl sites for hydroxylation is 1. The maximum atomic E-state index is 4.95. The highest BCUT2D eigenvalue weighted by molar-refractivity contribution is 5.80. The van der Waals surface area contributed by atoms with Crippen LogP contribution < -0.4 is 5.32 Å². The van der Waals surface area contributed by atoms with Gasteiger partial charge in [0.25, 0.3) is 0 Å². The molecule has 3 aromatic rings. The summed E-state index contributed by atoms with van der Waals surface area (Å²) in [6.45, 7) is 10.2. The molecule has 3 heterocycles. The van der Waals surface area contributed by atoms with Crippen molar-refractivity contribution in [1.29, 1.82) is 0 Å². The predicted octanol–water partition coefficient (Wildman–Crippen LogP) is 2.45. The maximum absolute atomic E-state index is 4.95. The molecule has 0 saturated carbocycles. The quantitative estimate of drug-likeness (QED) is 0.500. The van der Waals surface area contributed by atoms with Crippen LogP contribution in [0.4, 0.5) is 0 Å². The van der Waals surface area contributed by atoms with Crippen LogP contribution in [0.1, 0.15) is 23.9 Å². The van der Waals surface area contributed by atoms with Crippen molar-refractivity contribution in [1.82, 2.24) is 30.1 Å². The van der Waals surface area contributed by atoms with E-state index in [0.717, 1.165) is 67.9 Å². The molecule has 158 valence electrons. The lowest BCUT2D eigenvalue weighted by molar-refractivity contribution is 0.169. The van der Waals surface area contributed by atoms with Crippen molar-refractivity contribution < 1.29 is 4.52 Å². The number of aliphatic imine (C=N–C) groups is 1. The molecule has 0 atom stereocenters. The minimum absolute atomic E-state index is 0.608. The number of hydrogen-bond donors (Lipinski definition) is 1. The highest BCUT2D eigenvalue weighted by Gasteiger charge is 2.20. The molecule has 1 saturated heterocycles. The van der Waals surface area contributed by atoms with Gasteiger partial charge in [-0.15, -0.1) is 0 Å². The Bertz CT molecular complexity index is 956. The Morgan fingerprint density at radius 3 is 2.67 bits per heavy atom. The summed E-state index contributed by atoms with van der Waals surface area (Å²) >= 11 is 0. The molecule has 1 fully saturated rings. The van der Waals surface area contributed by atoms with E-state index in [1.54, 1.807) is 6.26 Å². The molecule has 4 rings (SSSR count). The molecule has 0 spiro atoms. The van der Waals surface area contributed by atoms with Gasteiger partial charge in [0.05, 0.1) is 23.6 Å². The SMILES string of the molecule is CCNC(=NCc1ccccc1-n1ccc(C)n1)N1CCN(Cc2ccon2)CC1. The van der Waals surface area contributed by atoms with Crippen LogP contribution in [0, 0.1) is 6.92 Å². The first-order valence-electron chi connectivity index (χ1n) is 10.5. The number of para-hydroxylation sites is 1. The summed E-state index contributed by atoms with van der Waals surface area (Å²) in [6.07, 6.45) is 3.63. The maximum Gasteiger partial charge on any atom is 0.194 e. The van der Waals surface area contributed by atoms with Crippen molar-refractivity contribution in [3.8, 4) is 5.69 Å². The third-order valence-corrected chi connectivity index (χ3v) is 5.24. The van der Waals surface area contributed by atoms with Crippen LogP contribution in [0.15, 0.2) is 58.4 Å². The Balaban J connectivity index is 1.43. The number of hydrogen-bond acceptors (Lipinski definition) is 5. The van der Waals surface area contributed by atoms with Crippen molar-refractivity contribution in [2.75, 3.05) is 32.7 Å². The van der Waals surface area contributed by atoms with Crippen LogP contribution in [0.3, 0.4) is 0 Å². The molecule has 8 nitrogen and oxygen atoms in total. The number of guanidine groups is 1. The third-order valence-electron chi connectivity index (χ3n) is 5.24. The fourth-order valence-electron chi connectivity index (χ4n) is 3.67. The van der Waals surface area contributed by atoms with E-state index >= 15 is 0 Å². The summed E-state index contributed by atoms with van der Waals surface area (Å²) < 4.78 is 6.87. The largest absolute Gasteiger partial charge is 0.364 e. The fourth-order valence-corrected chi connectivity index (χ4v) is 3.67. The molecule has 1 aliphatic heterocycles. The zero-order chi connectivity index (χ0) is 20.8. The van der Waals surface area contributed by atoms with Crippen molar-refractivity contribution >= 4 is 5.96 Å². The number of aromatic nitrogens is 3. The van der Waals surface area contributed by atoms with Crippen molar-refractivity contribution in [3.05, 3.63) is 65.8 Å². The molecular weight excluding hydrogens is 378 g/mol. The van der Waals surface area contributed by atoms with E-state index in [4.69, 9.17) is 9.52 Å². The van der Waals surface area contributed by atoms with E-state index in [1.807, 2.05) is 36.0 Å². The molecule has 8 heteroatoms. The molecule has 1 aliphatic rings. The number of nitrogens with one attached hydrogen (secondary N) is 1. The van der Waals surface area contributed by atoms with Crippen LogP contribution >= 0.6 is 0 Å². The van der Waals surface area contributed by atoms with Gasteiger partial charge in [0.15, 0.2) is 5.96 Å². The topological polar surface area (TPSA) is 74.7 Å². The van der Waals surface area contributed by atoms with E-state index in [1.165, 1.54) is 0 Å². The van der Waals surface area contributed by atoms with Gasteiger partial charge in [-0.05, 0) is 31.5 Å². The van der Waals surface area contributed by atoms with Crippen LogP contribution in [0.2, 0.25) is 0 Å². The third kappa shape index (κ3) is 4.88. The highest BCUT2D eigenvalue weighted by Crippen LogP contribution is 2.16. The molecule has 1 N–H and O–H groups in total. The summed E-state index contributed by atoms with van der Waals surface area (Å²) in [7, 11) is 0. The highest BCUT2D eigenvalue weighted by atomic mass is 16.5. The number of piperazine rings is 1. The Kier molecular flexibility index (Phi) is 6.44. The van der Waals surface area contributed by atoms with Gasteiger partial charge in [-0.2, -0.15) is 5.10 Å². The lowest BCUT2D eigenvalue weighted by Crippen LogP contribution is -2.52. The number of benzene rings is 1. The van der Waals surface area contributed by atoms with Crippen molar-refractivity contribution in [2.45, 2.75) is 26.9 Å². The van der Waals surface area contributed by atoms with Gasteiger partial charge in [0, 0.05) is 51.5 Å². The standard InChI is InChI=1S/C22H29N7O/c1-3-23-22(28-13-11-27(12-14-28)17-20-9-15-30-26-20)24-16-19-6-4-5-7-21(19)29-10-8-18(2)25-29/h4-10,15H,3,11-14,16-17H2,1-2H3,(H,23,24). The average Bonchev–Trinajstić information content (AvgIpc) is 3.44. The summed E-state index contributed by atoms with van der Waals surface area (Å²) in [5.74, 6) is 0.963. The summed E-state index contributed by atoms with van der Waals surface area (Å²) in [6, 6.07) is 12.3. The monoisotopic (exact) mass is 407 g/mol. The van der Waals surface area contributed by atoms with Crippen molar-refractivity contribution in [3.63, 3.8) is 0 Å². The summed E-state index contributed by atoms with van der Waals surface area (Å²) in [4.78, 5) is 9.68. The lowest BCUT2D eigenvalue weighted by atomic mass is 10.2. The smallest absolute Gasteiger partial charge is 0.194 e. The van der Waals surface area contributed by atoms with E-state index < -0.39 is 0 Å². The molecule has 1 aromatic carbocycles. The first-order valence-corrected chi connectivity index (χ1v) is 10.5. The van der Waals surface area contributed by atoms with Crippen LogP contribution in [-0.2, 0) is 13.1 Å². The van der Waals surface area contributed by atoms with E-state index in [2.05, 4.69) is 50.5 Å². The van der Waals surface area contributed by atoms with Gasteiger partial charge in [-0.25, -0.2) is 9.67 Å². The summed E-state index contributed by atoms with van der Waals surface area (Å²) in [5, 5.41) is 12.0. The van der Waals surface area contributed by atoms with Crippen molar-refractivity contribution in [2.24, 2.45) is 4.99 Å². The average molecular weight is 408 g/mol. The first kappa shape index (κ1) is 20.2. The Labute approximate surface area is 177 Å². The van der Waals surface area contributed by atoms with Crippen LogP contribution in [-0.4, -0.2) is 63.4 Å². The molecule has 30 heavy (non-hydrogen) atoms. The molecule has 0 radical (unpaired) electrons. The van der Waals surface area contributed by atoms with Crippen LogP contribution in [0.5, 0.6) is 0 Å². The number of nitrogens with zero attached hydrogens (tertiary/aromatic N) is 6. The zero-order valence-electron chi connectivity index (χ0n) is 17.7. The van der Waals surface area contributed by atoms with E-state index in [0.29, 0.717) is 6.54 Å². The molecule has 0 aliphatic carbocycles. The zero-order valence-corrected chi connectivity index (χ0v) is 17.7. The minimum Gasteiger partial charge on any atom is -0.364 e. The van der Waals surface area contributed by atoms with Gasteiger partial charge >= 0.3 is 0 Å². The predicted molar refractivity (Wildman–Crippen MR) is 116 cm³/mol. The first-order chi connectivity index (χ1) is 14.7. The Morgan fingerprint density at radius 1 is 1.13 bits per heavy atom. The van der Waals surface area contributed by atoms with Gasteiger partial charge in [0.2, 0.25) is 0 Å². The second-order valence-corrected chi connectivity index (χ2v) is 7.45. The van der Waals surface area contributed by atoms with Gasteiger partial charge in [-0.1, -0.05) is 23.4 Å². The van der Waals surface area contributed by atoms with Gasteiger partial charge in [0.1, 0.15) is 6.26 Å². The molecule has 0 amide bonds. The Morgan fingerprint density at radius 2 is 1.97 bits per heavy atom. The minimum atomic E-state index is 0.608. The molecule has 2 aromatic heterocycles. The second-order valence-electron chi connectivity index (χ2n) is 7.45. The Hall–Kier alpha value is -3.13. The van der Waals surface area contributed by atoms with E-state index in [-0.39, 0.29) is 0 Å². The fraction of sp³-hybridized carbons (Fsp3) is 0.409. The molecule has 0 unspecified atom stereocenters. The molecular formula is C22H29N7O. The second kappa shape index (κ2) is 9.58. The van der Waals surface area contributed by atoms with E-state index in [9.17, 15) is 0 Å². The van der Waals surface area contributed by atoms with Crippen LogP contribution in [0.25, 0.3) is 5.69 Å². The van der Waals surface area contributed by atoms with Gasteiger partial charge in [-0.3, -0.25) is 4.90 Å². The number of rotatable bonds is 6. The normalized spacial score (nSPS) is 15.5. The lowest BCUT2D eigenvalue weighted by Gasteiger charge is -2.36.